The highest BCUT2D eigenvalue weighted by Crippen LogP contribution is 2.16. The van der Waals surface area contributed by atoms with E-state index in [-0.39, 0.29) is 0 Å². The lowest BCUT2D eigenvalue weighted by Crippen LogP contribution is -2.24. The smallest absolute Gasteiger partial charge is 0.344 e. The Morgan fingerprint density at radius 1 is 1.60 bits per heavy atom. The first-order chi connectivity index (χ1) is 6.85. The average molecular weight is 211 g/mol. The van der Waals surface area contributed by atoms with Crippen molar-refractivity contribution >= 4 is 11.8 Å². The fraction of sp³-hybridized carbons (Fsp3) is 0.600. The number of aromatic nitrogens is 2. The minimum atomic E-state index is -0.516. The number of aryl methyl sites for hydroxylation is 1. The summed E-state index contributed by atoms with van der Waals surface area (Å²) in [4.78, 5) is 11.7. The van der Waals surface area contributed by atoms with Crippen LogP contribution in [0.1, 0.15) is 38.1 Å². The molecule has 0 saturated heterocycles. The number of rotatable bonds is 2. The third kappa shape index (κ3) is 2.71. The quantitative estimate of drug-likeness (QED) is 0.751. The number of ether oxygens (including phenoxy) is 1. The topological polar surface area (TPSA) is 70.1 Å². The number of hydrogen-bond acceptors (Lipinski definition) is 4. The molecule has 5 heteroatoms. The standard InChI is InChI=1S/C10H17N3O2/c1-5-13-8(11)7(6-12-13)9(14)15-10(2,3)4/h6H,5,11H2,1-4H3. The number of carbonyl (C=O) groups excluding carboxylic acids is 1. The largest absolute Gasteiger partial charge is 0.456 e. The summed E-state index contributed by atoms with van der Waals surface area (Å²) in [5, 5.41) is 3.98. The molecule has 0 unspecified atom stereocenters. The zero-order valence-electron chi connectivity index (χ0n) is 9.57. The molecule has 0 radical (unpaired) electrons. The zero-order chi connectivity index (χ0) is 11.6. The van der Waals surface area contributed by atoms with Gasteiger partial charge in [-0.2, -0.15) is 5.10 Å². The number of anilines is 1. The van der Waals surface area contributed by atoms with Gasteiger partial charge in [-0.25, -0.2) is 9.48 Å². The molecule has 0 atom stereocenters. The molecule has 0 aromatic carbocycles. The van der Waals surface area contributed by atoms with Crippen LogP contribution in [0, 0.1) is 0 Å². The van der Waals surface area contributed by atoms with Crippen LogP contribution in [0.5, 0.6) is 0 Å². The molecule has 0 spiro atoms. The molecule has 0 saturated carbocycles. The third-order valence-electron chi connectivity index (χ3n) is 1.80. The monoisotopic (exact) mass is 211 g/mol. The number of nitrogen functional groups attached to an aromatic ring is 1. The van der Waals surface area contributed by atoms with E-state index in [1.807, 2.05) is 27.7 Å². The highest BCUT2D eigenvalue weighted by molar-refractivity contribution is 5.94. The van der Waals surface area contributed by atoms with E-state index in [2.05, 4.69) is 5.10 Å². The van der Waals surface area contributed by atoms with E-state index in [1.54, 1.807) is 4.68 Å². The maximum atomic E-state index is 11.7. The summed E-state index contributed by atoms with van der Waals surface area (Å²) < 4.78 is 6.74. The van der Waals surface area contributed by atoms with E-state index in [9.17, 15) is 4.79 Å². The van der Waals surface area contributed by atoms with Gasteiger partial charge in [-0.15, -0.1) is 0 Å². The predicted molar refractivity (Wildman–Crippen MR) is 57.5 cm³/mol. The molecule has 2 N–H and O–H groups in total. The van der Waals surface area contributed by atoms with Crippen LogP contribution >= 0.6 is 0 Å². The minimum absolute atomic E-state index is 0.326. The van der Waals surface area contributed by atoms with E-state index >= 15 is 0 Å². The second-order valence-electron chi connectivity index (χ2n) is 4.26. The van der Waals surface area contributed by atoms with Gasteiger partial charge in [-0.3, -0.25) is 0 Å². The van der Waals surface area contributed by atoms with E-state index in [4.69, 9.17) is 10.5 Å². The number of hydrogen-bond donors (Lipinski definition) is 1. The first-order valence-corrected chi connectivity index (χ1v) is 4.89. The highest BCUT2D eigenvalue weighted by Gasteiger charge is 2.21. The first kappa shape index (κ1) is 11.6. The second-order valence-corrected chi connectivity index (χ2v) is 4.26. The van der Waals surface area contributed by atoms with E-state index in [0.29, 0.717) is 17.9 Å². The van der Waals surface area contributed by atoms with Crippen molar-refractivity contribution in [3.63, 3.8) is 0 Å². The lowest BCUT2D eigenvalue weighted by atomic mass is 10.2. The van der Waals surface area contributed by atoms with Gasteiger partial charge in [0.2, 0.25) is 0 Å². The van der Waals surface area contributed by atoms with Gasteiger partial charge in [0.15, 0.2) is 0 Å². The number of nitrogens with two attached hydrogens (primary N) is 1. The van der Waals surface area contributed by atoms with Crippen LogP contribution in [0.4, 0.5) is 5.82 Å². The Morgan fingerprint density at radius 3 is 2.60 bits per heavy atom. The number of esters is 1. The van der Waals surface area contributed by atoms with Gasteiger partial charge in [0.1, 0.15) is 17.0 Å². The van der Waals surface area contributed by atoms with Crippen molar-refractivity contribution < 1.29 is 9.53 Å². The summed E-state index contributed by atoms with van der Waals surface area (Å²) in [7, 11) is 0. The Bertz CT molecular complexity index is 363. The van der Waals surface area contributed by atoms with Gasteiger partial charge in [-0.1, -0.05) is 0 Å². The third-order valence-corrected chi connectivity index (χ3v) is 1.80. The van der Waals surface area contributed by atoms with Gasteiger partial charge >= 0.3 is 5.97 Å². The summed E-state index contributed by atoms with van der Waals surface area (Å²) in [5.41, 5.74) is 5.54. The van der Waals surface area contributed by atoms with Crippen molar-refractivity contribution in [3.05, 3.63) is 11.8 Å². The summed E-state index contributed by atoms with van der Waals surface area (Å²) in [6, 6.07) is 0. The van der Waals surface area contributed by atoms with E-state index in [0.717, 1.165) is 0 Å². The average Bonchev–Trinajstić information content (AvgIpc) is 2.43. The van der Waals surface area contributed by atoms with Gasteiger partial charge in [-0.05, 0) is 27.7 Å². The van der Waals surface area contributed by atoms with E-state index in [1.165, 1.54) is 6.20 Å². The second kappa shape index (κ2) is 3.92. The van der Waals surface area contributed by atoms with Gasteiger partial charge in [0.05, 0.1) is 6.20 Å². The van der Waals surface area contributed by atoms with E-state index < -0.39 is 11.6 Å². The fourth-order valence-electron chi connectivity index (χ4n) is 1.14. The molecule has 15 heavy (non-hydrogen) atoms. The van der Waals surface area contributed by atoms with Crippen LogP contribution in [-0.2, 0) is 11.3 Å². The fourth-order valence-corrected chi connectivity index (χ4v) is 1.14. The zero-order valence-corrected chi connectivity index (χ0v) is 9.57. The normalized spacial score (nSPS) is 11.5. The van der Waals surface area contributed by atoms with Crippen LogP contribution < -0.4 is 5.73 Å². The van der Waals surface area contributed by atoms with Crippen LogP contribution in [0.3, 0.4) is 0 Å². The lowest BCUT2D eigenvalue weighted by Gasteiger charge is -2.19. The molecule has 84 valence electrons. The summed E-state index contributed by atoms with van der Waals surface area (Å²) in [6.45, 7) is 7.97. The van der Waals surface area contributed by atoms with Crippen LogP contribution in [0.25, 0.3) is 0 Å². The number of carbonyl (C=O) groups is 1. The Balaban J connectivity index is 2.88. The van der Waals surface area contributed by atoms with Crippen LogP contribution in [-0.4, -0.2) is 21.4 Å². The summed E-state index contributed by atoms with van der Waals surface area (Å²) >= 11 is 0. The molecule has 1 rings (SSSR count). The summed E-state index contributed by atoms with van der Waals surface area (Å²) in [6.07, 6.45) is 1.44. The maximum absolute atomic E-state index is 11.7. The van der Waals surface area contributed by atoms with Crippen LogP contribution in [0.15, 0.2) is 6.20 Å². The van der Waals surface area contributed by atoms with Gasteiger partial charge in [0.25, 0.3) is 0 Å². The Hall–Kier alpha value is -1.52. The SMILES string of the molecule is CCn1ncc(C(=O)OC(C)(C)C)c1N. The lowest BCUT2D eigenvalue weighted by molar-refractivity contribution is 0.00708. The van der Waals surface area contributed by atoms with Gasteiger partial charge in [0, 0.05) is 6.54 Å². The van der Waals surface area contributed by atoms with Crippen molar-refractivity contribution in [2.45, 2.75) is 39.8 Å². The van der Waals surface area contributed by atoms with Gasteiger partial charge < -0.3 is 10.5 Å². The van der Waals surface area contributed by atoms with Crippen molar-refractivity contribution in [2.75, 3.05) is 5.73 Å². The molecule has 1 aromatic rings. The predicted octanol–water partition coefficient (Wildman–Crippen LogP) is 1.44. The number of nitrogens with zero attached hydrogens (tertiary/aromatic N) is 2. The Kier molecular flexibility index (Phi) is 3.02. The molecule has 0 amide bonds. The molecule has 1 heterocycles. The minimum Gasteiger partial charge on any atom is -0.456 e. The molecule has 0 aliphatic carbocycles. The maximum Gasteiger partial charge on any atom is 0.344 e. The summed E-state index contributed by atoms with van der Waals surface area (Å²) in [5.74, 6) is -0.0774. The van der Waals surface area contributed by atoms with Crippen LogP contribution in [0.2, 0.25) is 0 Å². The first-order valence-electron chi connectivity index (χ1n) is 4.89. The van der Waals surface area contributed by atoms with Crippen molar-refractivity contribution in [3.8, 4) is 0 Å². The highest BCUT2D eigenvalue weighted by atomic mass is 16.6. The molecule has 5 nitrogen and oxygen atoms in total. The Morgan fingerprint density at radius 2 is 2.20 bits per heavy atom. The molecule has 0 bridgehead atoms. The molecule has 1 aromatic heterocycles. The van der Waals surface area contributed by atoms with Crippen molar-refractivity contribution in [1.82, 2.24) is 9.78 Å². The van der Waals surface area contributed by atoms with Crippen molar-refractivity contribution in [2.24, 2.45) is 0 Å². The molecule has 0 aliphatic heterocycles. The molecular formula is C10H17N3O2. The molecule has 0 aliphatic rings. The Labute approximate surface area is 89.2 Å². The molecule has 0 fully saturated rings. The van der Waals surface area contributed by atoms with Crippen molar-refractivity contribution in [1.29, 1.82) is 0 Å². The molecular weight excluding hydrogens is 194 g/mol.